The molecule has 1 unspecified atom stereocenters. The Balaban J connectivity index is 2.23. The molecule has 0 radical (unpaired) electrons. The van der Waals surface area contributed by atoms with Gasteiger partial charge >= 0.3 is 0 Å². The largest absolute Gasteiger partial charge is 0.495 e. The van der Waals surface area contributed by atoms with Gasteiger partial charge in [-0.2, -0.15) is 4.31 Å². The maximum Gasteiger partial charge on any atom is 0.246 e. The zero-order chi connectivity index (χ0) is 17.7. The second kappa shape index (κ2) is 7.93. The number of amides is 1. The molecule has 8 nitrogen and oxygen atoms in total. The van der Waals surface area contributed by atoms with Crippen molar-refractivity contribution in [2.24, 2.45) is 5.73 Å². The maximum absolute atomic E-state index is 12.7. The fourth-order valence-electron chi connectivity index (χ4n) is 2.52. The van der Waals surface area contributed by atoms with Crippen molar-refractivity contribution < 1.29 is 22.7 Å². The predicted octanol–water partition coefficient (Wildman–Crippen LogP) is 0.392. The van der Waals surface area contributed by atoms with E-state index < -0.39 is 22.0 Å². The van der Waals surface area contributed by atoms with Gasteiger partial charge in [0.05, 0.1) is 13.7 Å². The third-order valence-electron chi connectivity index (χ3n) is 3.80. The molecule has 9 heteroatoms. The number of nitrogens with zero attached hydrogens (tertiary/aromatic N) is 1. The summed E-state index contributed by atoms with van der Waals surface area (Å²) in [5, 5.41) is 2.62. The van der Waals surface area contributed by atoms with Crippen LogP contribution in [0.5, 0.6) is 5.75 Å². The first-order valence-corrected chi connectivity index (χ1v) is 9.07. The lowest BCUT2D eigenvalue weighted by molar-refractivity contribution is -0.118. The van der Waals surface area contributed by atoms with E-state index in [1.54, 1.807) is 0 Å². The molecule has 1 atom stereocenters. The van der Waals surface area contributed by atoms with Gasteiger partial charge in [0.2, 0.25) is 15.9 Å². The number of methoxy groups -OCH3 is 2. The van der Waals surface area contributed by atoms with Crippen molar-refractivity contribution >= 4 is 21.6 Å². The molecule has 1 aliphatic heterocycles. The smallest absolute Gasteiger partial charge is 0.246 e. The minimum absolute atomic E-state index is 0.0877. The Hall–Kier alpha value is -1.68. The highest BCUT2D eigenvalue weighted by molar-refractivity contribution is 7.89. The first kappa shape index (κ1) is 18.7. The molecule has 134 valence electrons. The second-order valence-electron chi connectivity index (χ2n) is 5.53. The summed E-state index contributed by atoms with van der Waals surface area (Å²) >= 11 is 0. The van der Waals surface area contributed by atoms with Crippen LogP contribution in [-0.2, 0) is 19.6 Å². The molecule has 1 fully saturated rings. The number of nitrogens with two attached hydrogens (primary N) is 1. The number of sulfonamides is 1. The Morgan fingerprint density at radius 3 is 2.58 bits per heavy atom. The van der Waals surface area contributed by atoms with Crippen molar-refractivity contribution in [2.45, 2.75) is 23.8 Å². The third-order valence-corrected chi connectivity index (χ3v) is 5.74. The normalized spacial score (nSPS) is 16.8. The van der Waals surface area contributed by atoms with Crippen LogP contribution in [0.4, 0.5) is 5.69 Å². The molecule has 0 aliphatic carbocycles. The van der Waals surface area contributed by atoms with Gasteiger partial charge in [0, 0.05) is 32.0 Å². The van der Waals surface area contributed by atoms with E-state index >= 15 is 0 Å². The van der Waals surface area contributed by atoms with Crippen LogP contribution >= 0.6 is 0 Å². The highest BCUT2D eigenvalue weighted by Gasteiger charge is 2.30. The quantitative estimate of drug-likeness (QED) is 0.730. The standard InChI is InChI=1S/C15H23N3O5S/c1-22-10-12(16)15(19)17-11-5-6-14(13(9-11)23-2)24(20,21)18-7-3-4-8-18/h5-6,9,12H,3-4,7-8,10,16H2,1-2H3,(H,17,19). The molecule has 1 aliphatic rings. The summed E-state index contributed by atoms with van der Waals surface area (Å²) < 4.78 is 36.8. The lowest BCUT2D eigenvalue weighted by Crippen LogP contribution is -2.39. The molecule has 0 aromatic heterocycles. The number of ether oxygens (including phenoxy) is 2. The topological polar surface area (TPSA) is 111 Å². The summed E-state index contributed by atoms with van der Waals surface area (Å²) in [6.07, 6.45) is 1.71. The Morgan fingerprint density at radius 1 is 1.33 bits per heavy atom. The van der Waals surface area contributed by atoms with Crippen LogP contribution in [0.2, 0.25) is 0 Å². The summed E-state index contributed by atoms with van der Waals surface area (Å²) in [7, 11) is -0.759. The minimum Gasteiger partial charge on any atom is -0.495 e. The second-order valence-corrected chi connectivity index (χ2v) is 7.43. The van der Waals surface area contributed by atoms with Crippen molar-refractivity contribution in [2.75, 3.05) is 39.2 Å². The SMILES string of the molecule is COCC(N)C(=O)Nc1ccc(S(=O)(=O)N2CCCC2)c(OC)c1. The summed E-state index contributed by atoms with van der Waals surface area (Å²) in [5.41, 5.74) is 6.06. The van der Waals surface area contributed by atoms with E-state index in [9.17, 15) is 13.2 Å². The highest BCUT2D eigenvalue weighted by Crippen LogP contribution is 2.31. The number of benzene rings is 1. The Bertz CT molecular complexity index is 686. The fourth-order valence-corrected chi connectivity index (χ4v) is 4.17. The number of hydrogen-bond acceptors (Lipinski definition) is 6. The summed E-state index contributed by atoms with van der Waals surface area (Å²) in [6, 6.07) is 3.61. The Labute approximate surface area is 142 Å². The molecular weight excluding hydrogens is 334 g/mol. The molecule has 0 saturated carbocycles. The first-order valence-electron chi connectivity index (χ1n) is 7.63. The van der Waals surface area contributed by atoms with Crippen molar-refractivity contribution in [3.05, 3.63) is 18.2 Å². The zero-order valence-electron chi connectivity index (χ0n) is 13.8. The lowest BCUT2D eigenvalue weighted by Gasteiger charge is -2.18. The molecule has 0 spiro atoms. The zero-order valence-corrected chi connectivity index (χ0v) is 14.6. The molecule has 1 saturated heterocycles. The first-order chi connectivity index (χ1) is 11.4. The number of anilines is 1. The van der Waals surface area contributed by atoms with Gasteiger partial charge in [0.1, 0.15) is 16.7 Å². The van der Waals surface area contributed by atoms with Crippen LogP contribution in [0.15, 0.2) is 23.1 Å². The summed E-state index contributed by atoms with van der Waals surface area (Å²) in [4.78, 5) is 12.0. The van der Waals surface area contributed by atoms with E-state index in [-0.39, 0.29) is 17.3 Å². The number of carbonyl (C=O) groups is 1. The van der Waals surface area contributed by atoms with E-state index in [4.69, 9.17) is 15.2 Å². The average molecular weight is 357 g/mol. The van der Waals surface area contributed by atoms with Gasteiger partial charge in [-0.1, -0.05) is 0 Å². The molecule has 1 amide bonds. The number of hydrogen-bond donors (Lipinski definition) is 2. The van der Waals surface area contributed by atoms with Crippen LogP contribution in [0.3, 0.4) is 0 Å². The maximum atomic E-state index is 12.7. The van der Waals surface area contributed by atoms with E-state index in [1.165, 1.54) is 36.7 Å². The molecular formula is C15H23N3O5S. The van der Waals surface area contributed by atoms with Gasteiger partial charge in [-0.25, -0.2) is 8.42 Å². The third kappa shape index (κ3) is 4.04. The fraction of sp³-hybridized carbons (Fsp3) is 0.533. The monoisotopic (exact) mass is 357 g/mol. The van der Waals surface area contributed by atoms with Crippen LogP contribution < -0.4 is 15.8 Å². The molecule has 1 aromatic rings. The van der Waals surface area contributed by atoms with Gasteiger partial charge in [0.15, 0.2) is 0 Å². The van der Waals surface area contributed by atoms with Gasteiger partial charge in [-0.05, 0) is 25.0 Å². The van der Waals surface area contributed by atoms with Crippen molar-refractivity contribution in [3.8, 4) is 5.75 Å². The van der Waals surface area contributed by atoms with Gasteiger partial charge < -0.3 is 20.5 Å². The predicted molar refractivity (Wildman–Crippen MR) is 89.5 cm³/mol. The van der Waals surface area contributed by atoms with E-state index in [1.807, 2.05) is 0 Å². The minimum atomic E-state index is -3.60. The number of carbonyl (C=O) groups excluding carboxylic acids is 1. The molecule has 1 aromatic carbocycles. The van der Waals surface area contributed by atoms with E-state index in [0.717, 1.165) is 12.8 Å². The Kier molecular flexibility index (Phi) is 6.16. The van der Waals surface area contributed by atoms with E-state index in [2.05, 4.69) is 5.32 Å². The highest BCUT2D eigenvalue weighted by atomic mass is 32.2. The van der Waals surface area contributed by atoms with E-state index in [0.29, 0.717) is 18.8 Å². The molecule has 3 N–H and O–H groups in total. The van der Waals surface area contributed by atoms with Crippen molar-refractivity contribution in [1.29, 1.82) is 0 Å². The molecule has 0 bridgehead atoms. The number of rotatable bonds is 7. The summed E-state index contributed by atoms with van der Waals surface area (Å²) in [6.45, 7) is 1.11. The molecule has 2 rings (SSSR count). The van der Waals surface area contributed by atoms with Crippen LogP contribution in [-0.4, -0.2) is 58.6 Å². The van der Waals surface area contributed by atoms with Gasteiger partial charge in [-0.3, -0.25) is 4.79 Å². The van der Waals surface area contributed by atoms with Crippen LogP contribution in [0, 0.1) is 0 Å². The van der Waals surface area contributed by atoms with Gasteiger partial charge in [0.25, 0.3) is 0 Å². The van der Waals surface area contributed by atoms with Crippen LogP contribution in [0.25, 0.3) is 0 Å². The lowest BCUT2D eigenvalue weighted by atomic mass is 10.2. The summed E-state index contributed by atoms with van der Waals surface area (Å²) in [5.74, 6) is -0.242. The average Bonchev–Trinajstić information content (AvgIpc) is 3.10. The Morgan fingerprint density at radius 2 is 2.00 bits per heavy atom. The van der Waals surface area contributed by atoms with Crippen molar-refractivity contribution in [3.63, 3.8) is 0 Å². The molecule has 24 heavy (non-hydrogen) atoms. The van der Waals surface area contributed by atoms with Gasteiger partial charge in [-0.15, -0.1) is 0 Å². The van der Waals surface area contributed by atoms with Crippen molar-refractivity contribution in [1.82, 2.24) is 4.31 Å². The molecule has 1 heterocycles. The van der Waals surface area contributed by atoms with Crippen LogP contribution in [0.1, 0.15) is 12.8 Å². The number of nitrogens with one attached hydrogen (secondary N) is 1.